The fraction of sp³-hybridized carbons (Fsp3) is 0.423. The maximum Gasteiger partial charge on any atom is 0.263 e. The van der Waals surface area contributed by atoms with Crippen molar-refractivity contribution in [3.05, 3.63) is 64.4 Å². The summed E-state index contributed by atoms with van der Waals surface area (Å²) in [6.45, 7) is 6.78. The number of nitrogens with zero attached hydrogens (tertiary/aromatic N) is 4. The van der Waals surface area contributed by atoms with Gasteiger partial charge in [-0.1, -0.05) is 38.1 Å². The van der Waals surface area contributed by atoms with Crippen molar-refractivity contribution in [2.24, 2.45) is 5.92 Å². The molecule has 6 heteroatoms. The molecule has 1 saturated heterocycles. The van der Waals surface area contributed by atoms with Crippen LogP contribution in [0.3, 0.4) is 0 Å². The average molecular weight is 431 g/mol. The minimum Gasteiger partial charge on any atom is -0.372 e. The quantitative estimate of drug-likeness (QED) is 0.597. The Labute approximate surface area is 188 Å². The van der Waals surface area contributed by atoms with Crippen molar-refractivity contribution in [2.45, 2.75) is 52.1 Å². The molecule has 0 aliphatic carbocycles. The molecule has 2 aliphatic rings. The van der Waals surface area contributed by atoms with Gasteiger partial charge in [0.25, 0.3) is 11.5 Å². The van der Waals surface area contributed by atoms with Gasteiger partial charge < -0.3 is 4.90 Å². The van der Waals surface area contributed by atoms with Crippen molar-refractivity contribution < 1.29 is 4.79 Å². The van der Waals surface area contributed by atoms with Gasteiger partial charge in [-0.2, -0.15) is 0 Å². The van der Waals surface area contributed by atoms with Crippen molar-refractivity contribution in [1.29, 1.82) is 0 Å². The van der Waals surface area contributed by atoms with Crippen molar-refractivity contribution in [1.82, 2.24) is 9.55 Å². The predicted octanol–water partition coefficient (Wildman–Crippen LogP) is 4.52. The van der Waals surface area contributed by atoms with Gasteiger partial charge in [0, 0.05) is 18.8 Å². The van der Waals surface area contributed by atoms with Crippen LogP contribution in [0, 0.1) is 5.92 Å². The van der Waals surface area contributed by atoms with E-state index in [4.69, 9.17) is 4.98 Å². The number of fused-ring (bicyclic) bond motifs is 2. The van der Waals surface area contributed by atoms with Crippen LogP contribution in [-0.4, -0.2) is 28.5 Å². The maximum atomic E-state index is 13.5. The molecule has 2 aliphatic heterocycles. The Balaban J connectivity index is 1.49. The summed E-state index contributed by atoms with van der Waals surface area (Å²) in [7, 11) is 0. The largest absolute Gasteiger partial charge is 0.372 e. The molecule has 3 heterocycles. The SMILES string of the molecule is CC(C)CC1C(=O)N(Cc2ccc(N3CCCCC3)cc2)c2nc3ccccc3c(=O)n21. The second kappa shape index (κ2) is 8.41. The van der Waals surface area contributed by atoms with Crippen molar-refractivity contribution in [2.75, 3.05) is 22.9 Å². The zero-order chi connectivity index (χ0) is 22.2. The number of para-hydroxylation sites is 1. The Hall–Kier alpha value is -3.15. The zero-order valence-corrected chi connectivity index (χ0v) is 18.8. The lowest BCUT2D eigenvalue weighted by atomic mass is 10.0. The molecule has 1 amide bonds. The van der Waals surface area contributed by atoms with Crippen LogP contribution in [-0.2, 0) is 11.3 Å². The van der Waals surface area contributed by atoms with E-state index in [9.17, 15) is 9.59 Å². The summed E-state index contributed by atoms with van der Waals surface area (Å²) >= 11 is 0. The molecule has 0 saturated carbocycles. The molecule has 32 heavy (non-hydrogen) atoms. The van der Waals surface area contributed by atoms with Crippen LogP contribution >= 0.6 is 0 Å². The van der Waals surface area contributed by atoms with E-state index in [2.05, 4.69) is 43.0 Å². The summed E-state index contributed by atoms with van der Waals surface area (Å²) in [5, 5.41) is 0.561. The molecular formula is C26H30N4O2. The fourth-order valence-electron chi connectivity index (χ4n) is 4.94. The van der Waals surface area contributed by atoms with E-state index in [-0.39, 0.29) is 11.5 Å². The van der Waals surface area contributed by atoms with Crippen molar-refractivity contribution in [3.63, 3.8) is 0 Å². The molecule has 3 aromatic rings. The molecule has 0 spiro atoms. The third-order valence-corrected chi connectivity index (χ3v) is 6.59. The van der Waals surface area contributed by atoms with Gasteiger partial charge >= 0.3 is 0 Å². The first-order valence-electron chi connectivity index (χ1n) is 11.7. The lowest BCUT2D eigenvalue weighted by Gasteiger charge is -2.29. The van der Waals surface area contributed by atoms with Gasteiger partial charge in [-0.25, -0.2) is 4.98 Å². The second-order valence-corrected chi connectivity index (χ2v) is 9.39. The van der Waals surface area contributed by atoms with Crippen molar-refractivity contribution >= 4 is 28.4 Å². The van der Waals surface area contributed by atoms with Crippen LogP contribution in [0.2, 0.25) is 0 Å². The molecule has 2 aromatic carbocycles. The first-order chi connectivity index (χ1) is 15.5. The highest BCUT2D eigenvalue weighted by Crippen LogP contribution is 2.33. The van der Waals surface area contributed by atoms with Crippen LogP contribution < -0.4 is 15.4 Å². The summed E-state index contributed by atoms with van der Waals surface area (Å²) in [5.41, 5.74) is 2.78. The molecule has 6 nitrogen and oxygen atoms in total. The van der Waals surface area contributed by atoms with E-state index in [1.807, 2.05) is 18.2 Å². The number of carbonyl (C=O) groups excluding carboxylic acids is 1. The Morgan fingerprint density at radius 3 is 2.41 bits per heavy atom. The Kier molecular flexibility index (Phi) is 5.45. The first kappa shape index (κ1) is 20.7. The molecule has 166 valence electrons. The monoisotopic (exact) mass is 430 g/mol. The number of aromatic nitrogens is 2. The summed E-state index contributed by atoms with van der Waals surface area (Å²) in [6, 6.07) is 15.3. The molecule has 1 atom stereocenters. The first-order valence-corrected chi connectivity index (χ1v) is 11.7. The van der Waals surface area contributed by atoms with Gasteiger partial charge in [-0.05, 0) is 61.4 Å². The summed E-state index contributed by atoms with van der Waals surface area (Å²) in [4.78, 5) is 35.6. The summed E-state index contributed by atoms with van der Waals surface area (Å²) < 4.78 is 1.62. The topological polar surface area (TPSA) is 58.4 Å². The average Bonchev–Trinajstić information content (AvgIpc) is 3.06. The number of hydrogen-bond acceptors (Lipinski definition) is 4. The highest BCUT2D eigenvalue weighted by molar-refractivity contribution is 5.99. The Morgan fingerprint density at radius 1 is 0.969 bits per heavy atom. The van der Waals surface area contributed by atoms with E-state index in [0.717, 1.165) is 18.7 Å². The highest BCUT2D eigenvalue weighted by atomic mass is 16.2. The van der Waals surface area contributed by atoms with E-state index >= 15 is 0 Å². The molecule has 1 aromatic heterocycles. The molecule has 1 unspecified atom stereocenters. The van der Waals surface area contributed by atoms with E-state index in [0.29, 0.717) is 35.7 Å². The molecule has 0 bridgehead atoms. The zero-order valence-electron chi connectivity index (χ0n) is 18.8. The van der Waals surface area contributed by atoms with Gasteiger partial charge in [0.2, 0.25) is 5.95 Å². The predicted molar refractivity (Wildman–Crippen MR) is 128 cm³/mol. The third-order valence-electron chi connectivity index (χ3n) is 6.59. The molecule has 5 rings (SSSR count). The van der Waals surface area contributed by atoms with Gasteiger partial charge in [0.1, 0.15) is 6.04 Å². The number of rotatable bonds is 5. The number of hydrogen-bond donors (Lipinski definition) is 0. The Morgan fingerprint density at radius 2 is 1.69 bits per heavy atom. The molecule has 0 radical (unpaired) electrons. The number of carbonyl (C=O) groups is 1. The number of benzene rings is 2. The van der Waals surface area contributed by atoms with E-state index < -0.39 is 6.04 Å². The van der Waals surface area contributed by atoms with Crippen LogP contribution in [0.1, 0.15) is 51.1 Å². The van der Waals surface area contributed by atoms with Crippen LogP contribution in [0.15, 0.2) is 53.3 Å². The van der Waals surface area contributed by atoms with Crippen molar-refractivity contribution in [3.8, 4) is 0 Å². The van der Waals surface area contributed by atoms with Crippen LogP contribution in [0.5, 0.6) is 0 Å². The minimum atomic E-state index is -0.498. The van der Waals surface area contributed by atoms with Gasteiger partial charge in [-0.15, -0.1) is 0 Å². The maximum absolute atomic E-state index is 13.5. The van der Waals surface area contributed by atoms with Gasteiger partial charge in [0.15, 0.2) is 0 Å². The van der Waals surface area contributed by atoms with E-state index in [1.165, 1.54) is 24.9 Å². The minimum absolute atomic E-state index is 0.0429. The fourth-order valence-corrected chi connectivity index (χ4v) is 4.94. The molecule has 1 fully saturated rings. The Bertz CT molecular complexity index is 1190. The lowest BCUT2D eigenvalue weighted by molar-refractivity contribution is -0.120. The smallest absolute Gasteiger partial charge is 0.263 e. The second-order valence-electron chi connectivity index (χ2n) is 9.39. The normalized spacial score (nSPS) is 18.6. The van der Waals surface area contributed by atoms with Crippen LogP contribution in [0.4, 0.5) is 11.6 Å². The third kappa shape index (κ3) is 3.68. The molecular weight excluding hydrogens is 400 g/mol. The van der Waals surface area contributed by atoms with Gasteiger partial charge in [0.05, 0.1) is 17.4 Å². The summed E-state index contributed by atoms with van der Waals surface area (Å²) in [6.07, 6.45) is 4.42. The summed E-state index contributed by atoms with van der Waals surface area (Å²) in [5.74, 6) is 0.710. The number of amides is 1. The van der Waals surface area contributed by atoms with Gasteiger partial charge in [-0.3, -0.25) is 19.1 Å². The number of piperidine rings is 1. The number of anilines is 2. The van der Waals surface area contributed by atoms with E-state index in [1.54, 1.807) is 15.5 Å². The van der Waals surface area contributed by atoms with Crippen LogP contribution in [0.25, 0.3) is 10.9 Å². The molecule has 0 N–H and O–H groups in total. The standard InChI is InChI=1S/C26H30N4O2/c1-18(2)16-23-25(32)29(26-27-22-9-5-4-8-21(22)24(31)30(23)26)17-19-10-12-20(13-11-19)28-14-6-3-7-15-28/h4-5,8-13,18,23H,3,6-7,14-17H2,1-2H3. The lowest BCUT2D eigenvalue weighted by Crippen LogP contribution is -2.30. The highest BCUT2D eigenvalue weighted by Gasteiger charge is 2.39.